The molecule has 1 amide bonds. The second-order valence-electron chi connectivity index (χ2n) is 7.00. The van der Waals surface area contributed by atoms with Gasteiger partial charge in [0.1, 0.15) is 0 Å². The molecule has 156 valence electrons. The lowest BCUT2D eigenvalue weighted by Gasteiger charge is -2.12. The highest BCUT2D eigenvalue weighted by molar-refractivity contribution is 7.92. The summed E-state index contributed by atoms with van der Waals surface area (Å²) < 4.78 is 28.2. The van der Waals surface area contributed by atoms with E-state index in [0.717, 1.165) is 22.4 Å². The minimum Gasteiger partial charge on any atom is -0.346 e. The first-order valence-corrected chi connectivity index (χ1v) is 11.1. The maximum absolute atomic E-state index is 12.8. The molecule has 2 N–H and O–H groups in total. The van der Waals surface area contributed by atoms with Crippen LogP contribution in [0.1, 0.15) is 32.7 Å². The van der Waals surface area contributed by atoms with Crippen LogP contribution in [0.25, 0.3) is 0 Å². The van der Waals surface area contributed by atoms with Crippen LogP contribution in [0.3, 0.4) is 0 Å². The molecule has 0 atom stereocenters. The van der Waals surface area contributed by atoms with E-state index in [2.05, 4.69) is 15.0 Å². The normalized spacial score (nSPS) is 11.2. The van der Waals surface area contributed by atoms with Crippen molar-refractivity contribution in [3.05, 3.63) is 87.7 Å². The first-order chi connectivity index (χ1) is 14.2. The van der Waals surface area contributed by atoms with Crippen molar-refractivity contribution in [2.45, 2.75) is 32.2 Å². The van der Waals surface area contributed by atoms with Gasteiger partial charge in [-0.05, 0) is 73.9 Å². The van der Waals surface area contributed by atoms with Crippen LogP contribution in [0.4, 0.5) is 5.69 Å². The van der Waals surface area contributed by atoms with E-state index >= 15 is 0 Å². The summed E-state index contributed by atoms with van der Waals surface area (Å²) in [6.45, 7) is 5.96. The molecule has 0 fully saturated rings. The maximum atomic E-state index is 12.8. The van der Waals surface area contributed by atoms with E-state index in [9.17, 15) is 13.2 Å². The number of halogens is 1. The summed E-state index contributed by atoms with van der Waals surface area (Å²) in [5.74, 6) is -0.478. The first-order valence-electron chi connectivity index (χ1n) is 9.26. The molecule has 8 heteroatoms. The summed E-state index contributed by atoms with van der Waals surface area (Å²) in [5.41, 5.74) is 4.22. The van der Waals surface area contributed by atoms with E-state index in [1.54, 1.807) is 18.3 Å². The Bertz CT molecular complexity index is 1210. The van der Waals surface area contributed by atoms with Gasteiger partial charge >= 0.3 is 0 Å². The van der Waals surface area contributed by atoms with Gasteiger partial charge in [-0.1, -0.05) is 23.7 Å². The monoisotopic (exact) mass is 443 g/mol. The lowest BCUT2D eigenvalue weighted by Crippen LogP contribution is -2.24. The Morgan fingerprint density at radius 3 is 2.47 bits per heavy atom. The molecule has 0 aliphatic rings. The van der Waals surface area contributed by atoms with Crippen molar-refractivity contribution in [2.75, 3.05) is 4.72 Å². The first kappa shape index (κ1) is 21.8. The predicted molar refractivity (Wildman–Crippen MR) is 118 cm³/mol. The van der Waals surface area contributed by atoms with Crippen molar-refractivity contribution in [3.8, 4) is 0 Å². The fraction of sp³-hybridized carbons (Fsp3) is 0.182. The number of aromatic nitrogens is 1. The number of hydrogen-bond acceptors (Lipinski definition) is 4. The van der Waals surface area contributed by atoms with Crippen molar-refractivity contribution in [1.82, 2.24) is 10.3 Å². The topological polar surface area (TPSA) is 88.2 Å². The zero-order valence-corrected chi connectivity index (χ0v) is 18.4. The Labute approximate surface area is 181 Å². The molecule has 0 radical (unpaired) electrons. The summed E-state index contributed by atoms with van der Waals surface area (Å²) in [6, 6.07) is 13.0. The van der Waals surface area contributed by atoms with Crippen LogP contribution in [-0.2, 0) is 16.6 Å². The second kappa shape index (κ2) is 8.85. The number of carbonyl (C=O) groups excluding carboxylic acids is 1. The van der Waals surface area contributed by atoms with E-state index in [4.69, 9.17) is 11.6 Å². The van der Waals surface area contributed by atoms with Crippen LogP contribution in [0.5, 0.6) is 0 Å². The molecule has 1 aromatic heterocycles. The predicted octanol–water partition coefficient (Wildman–Crippen LogP) is 4.39. The molecular weight excluding hydrogens is 422 g/mol. The van der Waals surface area contributed by atoms with E-state index in [1.807, 2.05) is 39.0 Å². The highest BCUT2D eigenvalue weighted by Gasteiger charge is 2.19. The molecule has 3 aromatic rings. The van der Waals surface area contributed by atoms with Crippen LogP contribution >= 0.6 is 11.6 Å². The number of nitrogens with zero attached hydrogens (tertiary/aromatic N) is 1. The van der Waals surface area contributed by atoms with Gasteiger partial charge in [-0.2, -0.15) is 0 Å². The van der Waals surface area contributed by atoms with Gasteiger partial charge in [-0.3, -0.25) is 14.5 Å². The van der Waals surface area contributed by atoms with Crippen LogP contribution in [0.15, 0.2) is 59.6 Å². The van der Waals surface area contributed by atoms with Gasteiger partial charge < -0.3 is 5.32 Å². The molecule has 0 spiro atoms. The summed E-state index contributed by atoms with van der Waals surface area (Å²) >= 11 is 6.16. The minimum atomic E-state index is -3.89. The SMILES string of the molecule is Cc1ccc(NS(=O)(=O)c2ccc(Cl)c(C(=O)NCc3ncccc3C)c2)cc1C. The largest absolute Gasteiger partial charge is 0.346 e. The number of pyridine rings is 1. The quantitative estimate of drug-likeness (QED) is 0.591. The number of amides is 1. The number of aryl methyl sites for hydroxylation is 3. The van der Waals surface area contributed by atoms with Crippen LogP contribution in [0, 0.1) is 20.8 Å². The van der Waals surface area contributed by atoms with Gasteiger partial charge in [0.2, 0.25) is 0 Å². The molecule has 0 saturated heterocycles. The zero-order chi connectivity index (χ0) is 21.9. The van der Waals surface area contributed by atoms with E-state index in [1.165, 1.54) is 18.2 Å². The Morgan fingerprint density at radius 1 is 1.00 bits per heavy atom. The van der Waals surface area contributed by atoms with Crippen molar-refractivity contribution in [2.24, 2.45) is 0 Å². The molecule has 0 aliphatic heterocycles. The molecule has 3 rings (SSSR count). The van der Waals surface area contributed by atoms with Crippen LogP contribution in [-0.4, -0.2) is 19.3 Å². The third-order valence-corrected chi connectivity index (χ3v) is 6.49. The van der Waals surface area contributed by atoms with Crippen molar-refractivity contribution in [1.29, 1.82) is 0 Å². The molecule has 0 aliphatic carbocycles. The van der Waals surface area contributed by atoms with Gasteiger partial charge in [-0.15, -0.1) is 0 Å². The maximum Gasteiger partial charge on any atom is 0.261 e. The molecule has 30 heavy (non-hydrogen) atoms. The number of rotatable bonds is 6. The summed E-state index contributed by atoms with van der Waals surface area (Å²) in [4.78, 5) is 16.8. The summed E-state index contributed by atoms with van der Waals surface area (Å²) in [5, 5.41) is 2.90. The lowest BCUT2D eigenvalue weighted by molar-refractivity contribution is 0.0950. The van der Waals surface area contributed by atoms with E-state index < -0.39 is 15.9 Å². The Hall–Kier alpha value is -2.90. The van der Waals surface area contributed by atoms with Crippen LogP contribution in [0.2, 0.25) is 5.02 Å². The number of carbonyl (C=O) groups is 1. The molecule has 2 aromatic carbocycles. The number of hydrogen-bond donors (Lipinski definition) is 2. The molecule has 0 unspecified atom stereocenters. The molecule has 0 bridgehead atoms. The molecular formula is C22H22ClN3O3S. The third kappa shape index (κ3) is 4.98. The molecule has 0 saturated carbocycles. The number of anilines is 1. The average Bonchev–Trinajstić information content (AvgIpc) is 2.70. The van der Waals surface area contributed by atoms with Gasteiger partial charge in [-0.25, -0.2) is 8.42 Å². The van der Waals surface area contributed by atoms with E-state index in [-0.39, 0.29) is 22.0 Å². The number of nitrogens with one attached hydrogen (secondary N) is 2. The Kier molecular flexibility index (Phi) is 6.43. The van der Waals surface area contributed by atoms with E-state index in [0.29, 0.717) is 5.69 Å². The van der Waals surface area contributed by atoms with Crippen molar-refractivity contribution < 1.29 is 13.2 Å². The van der Waals surface area contributed by atoms with Crippen molar-refractivity contribution in [3.63, 3.8) is 0 Å². The minimum absolute atomic E-state index is 0.0516. The van der Waals surface area contributed by atoms with Gasteiger partial charge in [0, 0.05) is 11.9 Å². The third-order valence-electron chi connectivity index (χ3n) is 4.79. The highest BCUT2D eigenvalue weighted by Crippen LogP contribution is 2.23. The van der Waals surface area contributed by atoms with Crippen molar-refractivity contribution >= 4 is 33.2 Å². The lowest BCUT2D eigenvalue weighted by atomic mass is 10.1. The number of benzene rings is 2. The highest BCUT2D eigenvalue weighted by atomic mass is 35.5. The number of sulfonamides is 1. The zero-order valence-electron chi connectivity index (χ0n) is 16.9. The van der Waals surface area contributed by atoms with Gasteiger partial charge in [0.15, 0.2) is 0 Å². The summed E-state index contributed by atoms with van der Waals surface area (Å²) in [6.07, 6.45) is 1.65. The Balaban J connectivity index is 1.82. The fourth-order valence-electron chi connectivity index (χ4n) is 2.83. The molecule has 6 nitrogen and oxygen atoms in total. The summed E-state index contributed by atoms with van der Waals surface area (Å²) in [7, 11) is -3.89. The standard InChI is InChI=1S/C22H22ClN3O3S/c1-14-6-7-17(11-16(14)3)26-30(28,29)18-8-9-20(23)19(12-18)22(27)25-13-21-15(2)5-4-10-24-21/h4-12,26H,13H2,1-3H3,(H,25,27). The average molecular weight is 444 g/mol. The fourth-order valence-corrected chi connectivity index (χ4v) is 4.11. The van der Waals surface area contributed by atoms with Gasteiger partial charge in [0.05, 0.1) is 27.7 Å². The molecule has 1 heterocycles. The second-order valence-corrected chi connectivity index (χ2v) is 9.09. The Morgan fingerprint density at radius 2 is 1.77 bits per heavy atom. The smallest absolute Gasteiger partial charge is 0.261 e. The van der Waals surface area contributed by atoms with Crippen LogP contribution < -0.4 is 10.0 Å². The van der Waals surface area contributed by atoms with Gasteiger partial charge in [0.25, 0.3) is 15.9 Å².